The van der Waals surface area contributed by atoms with E-state index in [1.807, 2.05) is 0 Å². The number of ether oxygens (including phenoxy) is 6. The molecule has 0 aromatic heterocycles. The van der Waals surface area contributed by atoms with Crippen molar-refractivity contribution in [3.8, 4) is 0 Å². The summed E-state index contributed by atoms with van der Waals surface area (Å²) >= 11 is 0. The van der Waals surface area contributed by atoms with Crippen LogP contribution in [0.5, 0.6) is 0 Å². The highest BCUT2D eigenvalue weighted by Crippen LogP contribution is 2.35. The van der Waals surface area contributed by atoms with Crippen LogP contribution < -0.4 is 0 Å². The number of esters is 2. The lowest BCUT2D eigenvalue weighted by Gasteiger charge is -2.22. The molecule has 12 nitrogen and oxygen atoms in total. The smallest absolute Gasteiger partial charge is 0.339 e. The first kappa shape index (κ1) is 22.7. The van der Waals surface area contributed by atoms with Crippen LogP contribution in [0.15, 0.2) is 0 Å². The van der Waals surface area contributed by atoms with Gasteiger partial charge in [0.2, 0.25) is 0 Å². The van der Waals surface area contributed by atoms with Crippen LogP contribution in [0.3, 0.4) is 0 Å². The Hall–Kier alpha value is -3.06. The van der Waals surface area contributed by atoms with E-state index in [1.54, 1.807) is 0 Å². The zero-order valence-corrected chi connectivity index (χ0v) is 17.9. The average Bonchev–Trinajstić information content (AvgIpc) is 3.62. The summed E-state index contributed by atoms with van der Waals surface area (Å²) in [5, 5.41) is 20.2. The highest BCUT2D eigenvalue weighted by Gasteiger charge is 2.41. The Morgan fingerprint density at radius 1 is 0.618 bits per heavy atom. The largest absolute Gasteiger partial charge is 0.478 e. The van der Waals surface area contributed by atoms with E-state index in [0.29, 0.717) is 26.4 Å². The van der Waals surface area contributed by atoms with E-state index >= 15 is 0 Å². The number of carbonyl (C=O) groups is 4. The van der Waals surface area contributed by atoms with Crippen molar-refractivity contribution in [2.24, 2.45) is 0 Å². The number of epoxide rings is 4. The normalized spacial score (nSPS) is 25.9. The molecule has 4 heterocycles. The molecule has 2 N–H and O–H groups in total. The molecule has 5 rings (SSSR count). The molecular formula is C22H22O12. The third kappa shape index (κ3) is 5.04. The first-order valence-corrected chi connectivity index (χ1v) is 10.8. The lowest BCUT2D eigenvalue weighted by molar-refractivity contribution is 0.0455. The second-order valence-electron chi connectivity index (χ2n) is 8.49. The number of hydrogen-bond acceptors (Lipinski definition) is 10. The Morgan fingerprint density at radius 2 is 0.941 bits per heavy atom. The fourth-order valence-electron chi connectivity index (χ4n) is 3.82. The molecule has 0 bridgehead atoms. The average molecular weight is 478 g/mol. The minimum Gasteiger partial charge on any atom is -0.478 e. The molecule has 0 aliphatic carbocycles. The van der Waals surface area contributed by atoms with E-state index in [2.05, 4.69) is 0 Å². The Kier molecular flexibility index (Phi) is 5.98. The second-order valence-corrected chi connectivity index (χ2v) is 8.49. The zero-order chi connectivity index (χ0) is 24.0. The molecule has 4 aliphatic heterocycles. The molecule has 34 heavy (non-hydrogen) atoms. The van der Waals surface area contributed by atoms with Crippen LogP contribution in [0.2, 0.25) is 0 Å². The number of rotatable bonds is 12. The van der Waals surface area contributed by atoms with E-state index in [1.165, 1.54) is 0 Å². The first-order chi connectivity index (χ1) is 16.3. The lowest BCUT2D eigenvalue weighted by Crippen LogP contribution is -2.28. The van der Waals surface area contributed by atoms with Crippen molar-refractivity contribution >= 4 is 23.9 Å². The molecule has 4 unspecified atom stereocenters. The van der Waals surface area contributed by atoms with E-state index in [0.717, 1.165) is 0 Å². The molecule has 4 saturated heterocycles. The van der Waals surface area contributed by atoms with Crippen molar-refractivity contribution in [2.75, 3.05) is 39.6 Å². The Morgan fingerprint density at radius 3 is 1.24 bits per heavy atom. The quantitative estimate of drug-likeness (QED) is 0.306. The molecule has 0 amide bonds. The molecule has 12 heteroatoms. The van der Waals surface area contributed by atoms with E-state index < -0.39 is 47.2 Å². The molecule has 0 saturated carbocycles. The second kappa shape index (κ2) is 8.95. The number of aromatic carboxylic acids is 2. The van der Waals surface area contributed by atoms with Crippen LogP contribution in [0, 0.1) is 0 Å². The summed E-state index contributed by atoms with van der Waals surface area (Å²) in [5.74, 6) is -5.01. The monoisotopic (exact) mass is 478 g/mol. The van der Waals surface area contributed by atoms with Crippen molar-refractivity contribution in [3.05, 3.63) is 33.4 Å². The lowest BCUT2D eigenvalue weighted by atomic mass is 9.82. The van der Waals surface area contributed by atoms with Crippen molar-refractivity contribution in [1.82, 2.24) is 0 Å². The van der Waals surface area contributed by atoms with E-state index in [-0.39, 0.29) is 60.5 Å². The molecule has 4 fully saturated rings. The Bertz CT molecular complexity index is 979. The van der Waals surface area contributed by atoms with Gasteiger partial charge < -0.3 is 38.6 Å². The standard InChI is InChI=1S/C22H22O12/c23-19(24)15-13(1-9-3-29-9)16(20(25)26)18(22(28)34-8-12-6-32-12)14(2-10-4-30-10)17(15)21(27)33-7-11-5-31-11/h9-12H,1-8H2,(H,23,24)(H,25,26). The fourth-order valence-corrected chi connectivity index (χ4v) is 3.82. The van der Waals surface area contributed by atoms with Gasteiger partial charge in [0.1, 0.15) is 25.4 Å². The van der Waals surface area contributed by atoms with Gasteiger partial charge in [0.05, 0.1) is 60.9 Å². The van der Waals surface area contributed by atoms with Gasteiger partial charge in [-0.25, -0.2) is 19.2 Å². The van der Waals surface area contributed by atoms with Gasteiger partial charge in [-0.15, -0.1) is 0 Å². The van der Waals surface area contributed by atoms with Gasteiger partial charge in [-0.2, -0.15) is 0 Å². The summed E-state index contributed by atoms with van der Waals surface area (Å²) in [6.45, 7) is 1.23. The Labute approximate surface area is 192 Å². The van der Waals surface area contributed by atoms with Gasteiger partial charge in [0, 0.05) is 12.8 Å². The zero-order valence-electron chi connectivity index (χ0n) is 17.9. The minimum atomic E-state index is -1.52. The molecule has 0 spiro atoms. The van der Waals surface area contributed by atoms with Crippen LogP contribution >= 0.6 is 0 Å². The van der Waals surface area contributed by atoms with Gasteiger partial charge in [0.15, 0.2) is 0 Å². The van der Waals surface area contributed by atoms with E-state index in [4.69, 9.17) is 28.4 Å². The predicted octanol–water partition coefficient (Wildman–Crippen LogP) is 0.0768. The Balaban J connectivity index is 1.69. The number of benzene rings is 1. The number of carboxylic acid groups (broad SMARTS) is 2. The minimum absolute atomic E-state index is 0.0600. The summed E-state index contributed by atoms with van der Waals surface area (Å²) in [7, 11) is 0. The van der Waals surface area contributed by atoms with Crippen LogP contribution in [0.25, 0.3) is 0 Å². The predicted molar refractivity (Wildman–Crippen MR) is 107 cm³/mol. The third-order valence-corrected chi connectivity index (χ3v) is 5.82. The SMILES string of the molecule is O=C(O)c1c(CC2CO2)c(C(=O)O)c(C(=O)OCC2CO2)c(CC2CO2)c1C(=O)OCC1CO1. The van der Waals surface area contributed by atoms with E-state index in [9.17, 15) is 29.4 Å². The van der Waals surface area contributed by atoms with Crippen molar-refractivity contribution < 1.29 is 57.8 Å². The number of carboxylic acids is 2. The summed E-state index contributed by atoms with van der Waals surface area (Å²) in [6, 6.07) is 0. The van der Waals surface area contributed by atoms with Crippen LogP contribution in [0.1, 0.15) is 52.6 Å². The van der Waals surface area contributed by atoms with Crippen molar-refractivity contribution in [1.29, 1.82) is 0 Å². The van der Waals surface area contributed by atoms with Gasteiger partial charge >= 0.3 is 23.9 Å². The van der Waals surface area contributed by atoms with Gasteiger partial charge in [-0.3, -0.25) is 0 Å². The molecular weight excluding hydrogens is 456 g/mol. The fraction of sp³-hybridized carbons (Fsp3) is 0.545. The molecule has 1 aromatic carbocycles. The van der Waals surface area contributed by atoms with Gasteiger partial charge in [-0.1, -0.05) is 0 Å². The summed E-state index contributed by atoms with van der Waals surface area (Å²) in [4.78, 5) is 51.2. The van der Waals surface area contributed by atoms with Crippen LogP contribution in [0.4, 0.5) is 0 Å². The van der Waals surface area contributed by atoms with Crippen molar-refractivity contribution in [3.63, 3.8) is 0 Å². The van der Waals surface area contributed by atoms with Gasteiger partial charge in [0.25, 0.3) is 0 Å². The highest BCUT2D eigenvalue weighted by molar-refractivity contribution is 6.13. The summed E-state index contributed by atoms with van der Waals surface area (Å²) in [6.07, 6.45) is -1.57. The topological polar surface area (TPSA) is 177 Å². The van der Waals surface area contributed by atoms with Crippen LogP contribution in [-0.4, -0.2) is 98.1 Å². The maximum Gasteiger partial charge on any atom is 0.339 e. The van der Waals surface area contributed by atoms with Crippen LogP contribution in [-0.2, 0) is 41.3 Å². The summed E-state index contributed by atoms with van der Waals surface area (Å²) in [5.41, 5.74) is -2.06. The van der Waals surface area contributed by atoms with Gasteiger partial charge in [-0.05, 0) is 11.1 Å². The molecule has 0 radical (unpaired) electrons. The molecule has 4 aliphatic rings. The third-order valence-electron chi connectivity index (χ3n) is 5.82. The molecule has 1 aromatic rings. The maximum atomic E-state index is 13.2. The maximum absolute atomic E-state index is 13.2. The number of hydrogen-bond donors (Lipinski definition) is 2. The molecule has 182 valence electrons. The highest BCUT2D eigenvalue weighted by atomic mass is 16.6. The first-order valence-electron chi connectivity index (χ1n) is 10.8. The van der Waals surface area contributed by atoms with Crippen molar-refractivity contribution in [2.45, 2.75) is 37.3 Å². The summed E-state index contributed by atoms with van der Waals surface area (Å²) < 4.78 is 31.1. The number of carbonyl (C=O) groups excluding carboxylic acids is 2. The molecule has 4 atom stereocenters.